The molecule has 2 aromatic rings. The van der Waals surface area contributed by atoms with E-state index in [1.165, 1.54) is 6.07 Å². The van der Waals surface area contributed by atoms with E-state index in [1.807, 2.05) is 19.1 Å². The molecule has 3 N–H and O–H groups in total. The molecule has 110 valence electrons. The summed E-state index contributed by atoms with van der Waals surface area (Å²) >= 11 is 8.41. The van der Waals surface area contributed by atoms with Crippen molar-refractivity contribution in [2.24, 2.45) is 5.73 Å². The van der Waals surface area contributed by atoms with E-state index < -0.39 is 5.82 Å². The predicted octanol–water partition coefficient (Wildman–Crippen LogP) is 4.36. The molecule has 0 aliphatic heterocycles. The lowest BCUT2D eigenvalue weighted by Gasteiger charge is -2.13. The first-order valence-corrected chi connectivity index (χ1v) is 7.50. The summed E-state index contributed by atoms with van der Waals surface area (Å²) in [6.07, 6.45) is 0. The van der Waals surface area contributed by atoms with E-state index in [2.05, 4.69) is 21.2 Å². The number of hydrogen-bond acceptors (Lipinski definition) is 3. The van der Waals surface area contributed by atoms with Crippen LogP contribution in [0, 0.1) is 5.82 Å². The van der Waals surface area contributed by atoms with Gasteiger partial charge in [-0.2, -0.15) is 0 Å². The van der Waals surface area contributed by atoms with Crippen molar-refractivity contribution in [3.63, 3.8) is 0 Å². The summed E-state index contributed by atoms with van der Waals surface area (Å²) in [7, 11) is 0. The van der Waals surface area contributed by atoms with Crippen LogP contribution in [0.25, 0.3) is 0 Å². The predicted molar refractivity (Wildman–Crippen MR) is 90.9 cm³/mol. The molecule has 0 fully saturated rings. The molecule has 6 heteroatoms. The molecule has 0 unspecified atom stereocenters. The first kappa shape index (κ1) is 15.7. The summed E-state index contributed by atoms with van der Waals surface area (Å²) in [5.74, 6) is -0.194. The lowest BCUT2D eigenvalue weighted by molar-refractivity contribution is 0.321. The van der Waals surface area contributed by atoms with Gasteiger partial charge in [0.15, 0.2) is 11.6 Å². The number of nitrogens with one attached hydrogen (secondary N) is 1. The number of ether oxygens (including phenoxy) is 1. The Labute approximate surface area is 136 Å². The Kier molecular flexibility index (Phi) is 5.14. The van der Waals surface area contributed by atoms with Crippen molar-refractivity contribution in [3.05, 3.63) is 52.3 Å². The fourth-order valence-corrected chi connectivity index (χ4v) is 2.38. The van der Waals surface area contributed by atoms with Gasteiger partial charge in [0.05, 0.1) is 6.61 Å². The normalized spacial score (nSPS) is 10.2. The van der Waals surface area contributed by atoms with Gasteiger partial charge in [0.25, 0.3) is 0 Å². The molecule has 21 heavy (non-hydrogen) atoms. The van der Waals surface area contributed by atoms with E-state index >= 15 is 0 Å². The maximum Gasteiger partial charge on any atom is 0.167 e. The fraction of sp³-hybridized carbons (Fsp3) is 0.133. The van der Waals surface area contributed by atoms with Gasteiger partial charge < -0.3 is 15.8 Å². The number of nitrogens with two attached hydrogens (primary N) is 1. The molecule has 0 saturated heterocycles. The second-order valence-corrected chi connectivity index (χ2v) is 5.61. The molecule has 0 spiro atoms. The average Bonchev–Trinajstić information content (AvgIpc) is 2.42. The summed E-state index contributed by atoms with van der Waals surface area (Å²) < 4.78 is 19.9. The molecule has 0 radical (unpaired) electrons. The van der Waals surface area contributed by atoms with Crippen LogP contribution in [0.3, 0.4) is 0 Å². The van der Waals surface area contributed by atoms with E-state index in [1.54, 1.807) is 18.2 Å². The zero-order valence-corrected chi connectivity index (χ0v) is 13.7. The highest BCUT2D eigenvalue weighted by Gasteiger charge is 2.09. The minimum absolute atomic E-state index is 0.229. The van der Waals surface area contributed by atoms with E-state index in [9.17, 15) is 4.39 Å². The Hall–Kier alpha value is -1.66. The Morgan fingerprint density at radius 3 is 2.71 bits per heavy atom. The van der Waals surface area contributed by atoms with Gasteiger partial charge in [-0.15, -0.1) is 0 Å². The highest BCUT2D eigenvalue weighted by Crippen LogP contribution is 2.27. The highest BCUT2D eigenvalue weighted by atomic mass is 79.9. The van der Waals surface area contributed by atoms with Crippen LogP contribution in [-0.2, 0) is 0 Å². The maximum atomic E-state index is 13.9. The quantitative estimate of drug-likeness (QED) is 0.769. The smallest absolute Gasteiger partial charge is 0.167 e. The molecule has 0 amide bonds. The largest absolute Gasteiger partial charge is 0.491 e. The van der Waals surface area contributed by atoms with E-state index in [0.29, 0.717) is 23.5 Å². The minimum atomic E-state index is -0.422. The maximum absolute atomic E-state index is 13.9. The molecule has 0 aliphatic carbocycles. The van der Waals surface area contributed by atoms with Crippen molar-refractivity contribution in [1.29, 1.82) is 0 Å². The molecule has 0 aromatic heterocycles. The van der Waals surface area contributed by atoms with Gasteiger partial charge in [-0.1, -0.05) is 28.1 Å². The second kappa shape index (κ2) is 6.87. The zero-order chi connectivity index (χ0) is 15.4. The van der Waals surface area contributed by atoms with Crippen molar-refractivity contribution < 1.29 is 9.13 Å². The number of anilines is 2. The topological polar surface area (TPSA) is 47.3 Å². The van der Waals surface area contributed by atoms with Crippen LogP contribution >= 0.6 is 28.1 Å². The molecule has 0 saturated carbocycles. The third-order valence-corrected chi connectivity index (χ3v) is 3.47. The van der Waals surface area contributed by atoms with Crippen LogP contribution in [0.15, 0.2) is 40.9 Å². The monoisotopic (exact) mass is 368 g/mol. The molecule has 0 aliphatic rings. The van der Waals surface area contributed by atoms with E-state index in [0.717, 1.165) is 4.47 Å². The summed E-state index contributed by atoms with van der Waals surface area (Å²) in [4.78, 5) is 0.274. The summed E-state index contributed by atoms with van der Waals surface area (Å²) in [6, 6.07) is 10.2. The number of halogens is 2. The van der Waals surface area contributed by atoms with Crippen LogP contribution in [0.1, 0.15) is 12.5 Å². The summed E-state index contributed by atoms with van der Waals surface area (Å²) in [6.45, 7) is 2.22. The first-order chi connectivity index (χ1) is 10.0. The van der Waals surface area contributed by atoms with Crippen LogP contribution in [-0.4, -0.2) is 11.6 Å². The summed E-state index contributed by atoms with van der Waals surface area (Å²) in [5, 5.41) is 3.11. The highest BCUT2D eigenvalue weighted by molar-refractivity contribution is 9.10. The van der Waals surface area contributed by atoms with Crippen LogP contribution in [0.4, 0.5) is 15.8 Å². The van der Waals surface area contributed by atoms with Crippen molar-refractivity contribution in [2.75, 3.05) is 11.9 Å². The molecule has 0 bridgehead atoms. The third-order valence-electron chi connectivity index (χ3n) is 2.76. The third kappa shape index (κ3) is 3.92. The number of rotatable bonds is 5. The number of hydrogen-bond donors (Lipinski definition) is 2. The Morgan fingerprint density at radius 2 is 2.10 bits per heavy atom. The molecule has 0 atom stereocenters. The Morgan fingerprint density at radius 1 is 1.33 bits per heavy atom. The summed E-state index contributed by atoms with van der Waals surface area (Å²) in [5.41, 5.74) is 7.69. The van der Waals surface area contributed by atoms with Gasteiger partial charge in [-0.25, -0.2) is 4.39 Å². The van der Waals surface area contributed by atoms with Gasteiger partial charge in [0.1, 0.15) is 4.99 Å². The SMILES string of the molecule is CCOc1ccc(Nc2cc(Br)ccc2C(N)=S)cc1F. The molecular formula is C15H14BrFN2OS. The lowest BCUT2D eigenvalue weighted by atomic mass is 10.1. The van der Waals surface area contributed by atoms with Crippen molar-refractivity contribution in [3.8, 4) is 5.75 Å². The fourth-order valence-electron chi connectivity index (χ4n) is 1.84. The van der Waals surface area contributed by atoms with Crippen LogP contribution in [0.2, 0.25) is 0 Å². The van der Waals surface area contributed by atoms with Crippen molar-refractivity contribution >= 4 is 44.5 Å². The van der Waals surface area contributed by atoms with Crippen molar-refractivity contribution in [2.45, 2.75) is 6.92 Å². The molecular weight excluding hydrogens is 355 g/mol. The van der Waals surface area contributed by atoms with Crippen LogP contribution in [0.5, 0.6) is 5.75 Å². The van der Waals surface area contributed by atoms with Gasteiger partial charge in [0, 0.05) is 27.5 Å². The van der Waals surface area contributed by atoms with E-state index in [4.69, 9.17) is 22.7 Å². The Bertz CT molecular complexity index is 679. The molecule has 0 heterocycles. The van der Waals surface area contributed by atoms with Gasteiger partial charge >= 0.3 is 0 Å². The average molecular weight is 369 g/mol. The minimum Gasteiger partial charge on any atom is -0.491 e. The van der Waals surface area contributed by atoms with Crippen molar-refractivity contribution in [1.82, 2.24) is 0 Å². The second-order valence-electron chi connectivity index (χ2n) is 4.26. The lowest BCUT2D eigenvalue weighted by Crippen LogP contribution is -2.12. The van der Waals surface area contributed by atoms with E-state index in [-0.39, 0.29) is 10.7 Å². The van der Waals surface area contributed by atoms with Gasteiger partial charge in [-0.05, 0) is 37.3 Å². The number of benzene rings is 2. The van der Waals surface area contributed by atoms with Gasteiger partial charge in [-0.3, -0.25) is 0 Å². The zero-order valence-electron chi connectivity index (χ0n) is 11.3. The first-order valence-electron chi connectivity index (χ1n) is 6.30. The Balaban J connectivity index is 2.32. The molecule has 2 aromatic carbocycles. The number of thiocarbonyl (C=S) groups is 1. The molecule has 3 nitrogen and oxygen atoms in total. The molecule has 2 rings (SSSR count). The standard InChI is InChI=1S/C15H14BrFN2OS/c1-2-20-14-6-4-10(8-12(14)17)19-13-7-9(16)3-5-11(13)15(18)21/h3-8,19H,2H2,1H3,(H2,18,21). The van der Waals surface area contributed by atoms with Gasteiger partial charge in [0.2, 0.25) is 0 Å². The van der Waals surface area contributed by atoms with Crippen LogP contribution < -0.4 is 15.8 Å².